The molecule has 13 heteroatoms. The summed E-state index contributed by atoms with van der Waals surface area (Å²) in [6.45, 7) is 12.1. The second-order valence-corrected chi connectivity index (χ2v) is 14.9. The van der Waals surface area contributed by atoms with E-state index >= 15 is 0 Å². The molecule has 0 aliphatic rings. The number of esters is 1. The summed E-state index contributed by atoms with van der Waals surface area (Å²) in [7, 11) is -7.56. The summed E-state index contributed by atoms with van der Waals surface area (Å²) >= 11 is 0. The minimum atomic E-state index is -4.14. The largest absolute Gasteiger partial charge is 0.460 e. The van der Waals surface area contributed by atoms with E-state index in [4.69, 9.17) is 4.74 Å². The van der Waals surface area contributed by atoms with Gasteiger partial charge < -0.3 is 15.4 Å². The second kappa shape index (κ2) is 14.7. The first kappa shape index (κ1) is 35.3. The van der Waals surface area contributed by atoms with E-state index in [2.05, 4.69) is 15.4 Å². The van der Waals surface area contributed by atoms with Crippen molar-refractivity contribution in [3.05, 3.63) is 41.3 Å². The van der Waals surface area contributed by atoms with Gasteiger partial charge in [0.2, 0.25) is 21.8 Å². The zero-order valence-corrected chi connectivity index (χ0v) is 26.1. The number of sulfone groups is 1. The Bertz CT molecular complexity index is 1270. The Hall–Kier alpha value is -2.77. The number of rotatable bonds is 14. The van der Waals surface area contributed by atoms with Crippen molar-refractivity contribution in [2.45, 2.75) is 96.4 Å². The van der Waals surface area contributed by atoms with Crippen molar-refractivity contribution in [1.82, 2.24) is 15.4 Å². The average molecular weight is 602 g/mol. The van der Waals surface area contributed by atoms with E-state index in [9.17, 15) is 31.2 Å². The summed E-state index contributed by atoms with van der Waals surface area (Å²) in [5.41, 5.74) is 0.0844. The van der Waals surface area contributed by atoms with Gasteiger partial charge in [-0.25, -0.2) is 16.8 Å². The number of hydrogen-bond acceptors (Lipinski definition) is 8. The quantitative estimate of drug-likeness (QED) is 0.274. The van der Waals surface area contributed by atoms with Crippen molar-refractivity contribution >= 4 is 37.6 Å². The predicted molar refractivity (Wildman–Crippen MR) is 153 cm³/mol. The summed E-state index contributed by atoms with van der Waals surface area (Å²) in [5, 5.41) is 6.21. The van der Waals surface area contributed by atoms with Gasteiger partial charge in [0.1, 0.15) is 17.7 Å². The van der Waals surface area contributed by atoms with E-state index in [0.29, 0.717) is 6.42 Å². The van der Waals surface area contributed by atoms with Crippen LogP contribution in [0.4, 0.5) is 0 Å². The van der Waals surface area contributed by atoms with Crippen LogP contribution in [0.15, 0.2) is 40.6 Å². The molecule has 11 nitrogen and oxygen atoms in total. The lowest BCUT2D eigenvalue weighted by Gasteiger charge is -2.24. The van der Waals surface area contributed by atoms with Gasteiger partial charge in [-0.1, -0.05) is 37.6 Å². The summed E-state index contributed by atoms with van der Waals surface area (Å²) in [6, 6.07) is 2.94. The molecule has 0 bridgehead atoms. The van der Waals surface area contributed by atoms with Crippen molar-refractivity contribution in [3.63, 3.8) is 0 Å². The van der Waals surface area contributed by atoms with Crippen LogP contribution in [0.1, 0.15) is 66.4 Å². The van der Waals surface area contributed by atoms with E-state index in [1.165, 1.54) is 25.1 Å². The fraction of sp³-hybridized carbons (Fsp3) is 0.593. The second-order valence-electron chi connectivity index (χ2n) is 11.2. The maximum atomic E-state index is 13.2. The van der Waals surface area contributed by atoms with Gasteiger partial charge in [0.25, 0.3) is 0 Å². The molecule has 1 aromatic rings. The summed E-state index contributed by atoms with van der Waals surface area (Å²) in [5.74, 6) is -1.88. The SMILES string of the molecule is Cc1ccc(S(=O)(=O)N[C@@H](CCC(=O)OC(C)(C)C)C(=O)N[C@@H](C)C(=O)N[C@H](/C=C/S(C)(=O)=O)CC(C)C)cc1. The van der Waals surface area contributed by atoms with Crippen LogP contribution < -0.4 is 15.4 Å². The number of benzene rings is 1. The van der Waals surface area contributed by atoms with Crippen LogP contribution in [0.25, 0.3) is 0 Å². The number of carbonyl (C=O) groups excluding carboxylic acids is 3. The van der Waals surface area contributed by atoms with Crippen LogP contribution in [0.3, 0.4) is 0 Å². The van der Waals surface area contributed by atoms with Crippen molar-refractivity contribution in [3.8, 4) is 0 Å². The van der Waals surface area contributed by atoms with E-state index in [0.717, 1.165) is 17.2 Å². The molecule has 1 aromatic carbocycles. The number of nitrogens with one attached hydrogen (secondary N) is 3. The van der Waals surface area contributed by atoms with Crippen LogP contribution in [-0.4, -0.2) is 64.6 Å². The molecule has 2 amide bonds. The van der Waals surface area contributed by atoms with Gasteiger partial charge in [-0.15, -0.1) is 0 Å². The Morgan fingerprint density at radius 1 is 0.950 bits per heavy atom. The third-order valence-corrected chi connectivity index (χ3v) is 7.50. The topological polar surface area (TPSA) is 165 Å². The minimum Gasteiger partial charge on any atom is -0.460 e. The molecule has 0 fully saturated rings. The number of amides is 2. The third-order valence-electron chi connectivity index (χ3n) is 5.37. The Labute approximate surface area is 238 Å². The standard InChI is InChI=1S/C27H43N3O8S2/c1-18(2)17-21(15-16-39(8,34)35)29-25(32)20(4)28-26(33)23(13-14-24(31)38-27(5,6)7)30-40(36,37)22-11-9-19(3)10-12-22/h9-12,15-16,18,20-21,23,30H,13-14,17H2,1-8H3,(H,28,33)(H,29,32)/b16-15+/t20-,21+,23-/m0/s1. The monoisotopic (exact) mass is 601 g/mol. The molecule has 0 aliphatic heterocycles. The van der Waals surface area contributed by atoms with Crippen LogP contribution in [0, 0.1) is 12.8 Å². The Kier molecular flexibility index (Phi) is 13.0. The van der Waals surface area contributed by atoms with Gasteiger partial charge >= 0.3 is 5.97 Å². The molecule has 3 N–H and O–H groups in total. The number of ether oxygens (including phenoxy) is 1. The Balaban J connectivity index is 3.09. The molecule has 0 aliphatic carbocycles. The molecular formula is C27H43N3O8S2. The average Bonchev–Trinajstić information content (AvgIpc) is 2.78. The molecule has 3 atom stereocenters. The van der Waals surface area contributed by atoms with Gasteiger partial charge in [-0.2, -0.15) is 4.72 Å². The smallest absolute Gasteiger partial charge is 0.306 e. The molecule has 0 radical (unpaired) electrons. The van der Waals surface area contributed by atoms with E-state index in [1.807, 2.05) is 13.8 Å². The maximum Gasteiger partial charge on any atom is 0.306 e. The Morgan fingerprint density at radius 2 is 1.52 bits per heavy atom. The molecule has 1 rings (SSSR count). The number of hydrogen-bond donors (Lipinski definition) is 3. The zero-order valence-electron chi connectivity index (χ0n) is 24.5. The number of sulfonamides is 1. The van der Waals surface area contributed by atoms with E-state index in [-0.39, 0.29) is 23.7 Å². The molecule has 0 heterocycles. The van der Waals surface area contributed by atoms with Crippen LogP contribution in [0.2, 0.25) is 0 Å². The van der Waals surface area contributed by atoms with Crippen molar-refractivity contribution < 1.29 is 36.0 Å². The van der Waals surface area contributed by atoms with Gasteiger partial charge in [-0.05, 0) is 65.5 Å². The first-order valence-corrected chi connectivity index (χ1v) is 16.4. The highest BCUT2D eigenvalue weighted by Crippen LogP contribution is 2.14. The van der Waals surface area contributed by atoms with Crippen molar-refractivity contribution in [2.75, 3.05) is 6.26 Å². The highest BCUT2D eigenvalue weighted by atomic mass is 32.2. The van der Waals surface area contributed by atoms with E-state index in [1.54, 1.807) is 39.8 Å². The summed E-state index contributed by atoms with van der Waals surface area (Å²) in [6.07, 6.45) is 2.40. The number of carbonyl (C=O) groups is 3. The molecule has 0 saturated heterocycles. The predicted octanol–water partition coefficient (Wildman–Crippen LogP) is 2.36. The first-order valence-electron chi connectivity index (χ1n) is 13.0. The van der Waals surface area contributed by atoms with Crippen LogP contribution >= 0.6 is 0 Å². The maximum absolute atomic E-state index is 13.2. The van der Waals surface area contributed by atoms with Crippen molar-refractivity contribution in [1.29, 1.82) is 0 Å². The van der Waals surface area contributed by atoms with Crippen LogP contribution in [0.5, 0.6) is 0 Å². The van der Waals surface area contributed by atoms with Gasteiger partial charge in [0.05, 0.1) is 4.90 Å². The molecule has 0 saturated carbocycles. The molecule has 0 aromatic heterocycles. The normalized spacial score (nSPS) is 14.9. The first-order chi connectivity index (χ1) is 18.2. The lowest BCUT2D eigenvalue weighted by atomic mass is 10.0. The van der Waals surface area contributed by atoms with Crippen molar-refractivity contribution in [2.24, 2.45) is 5.92 Å². The van der Waals surface area contributed by atoms with Gasteiger partial charge in [-0.3, -0.25) is 14.4 Å². The molecule has 226 valence electrons. The highest BCUT2D eigenvalue weighted by Gasteiger charge is 2.30. The minimum absolute atomic E-state index is 0.0619. The fourth-order valence-electron chi connectivity index (χ4n) is 3.49. The molecular weight excluding hydrogens is 558 g/mol. The fourth-order valence-corrected chi connectivity index (χ4v) is 5.19. The van der Waals surface area contributed by atoms with Gasteiger partial charge in [0, 0.05) is 24.1 Å². The highest BCUT2D eigenvalue weighted by molar-refractivity contribution is 7.93. The number of aryl methyl sites for hydroxylation is 1. The molecule has 0 unspecified atom stereocenters. The lowest BCUT2D eigenvalue weighted by molar-refractivity contribution is -0.155. The third kappa shape index (κ3) is 14.0. The lowest BCUT2D eigenvalue weighted by Crippen LogP contribution is -2.53. The Morgan fingerprint density at radius 3 is 2.02 bits per heavy atom. The molecule has 0 spiro atoms. The summed E-state index contributed by atoms with van der Waals surface area (Å²) < 4.78 is 56.7. The molecule has 40 heavy (non-hydrogen) atoms. The van der Waals surface area contributed by atoms with E-state index < -0.39 is 61.4 Å². The van der Waals surface area contributed by atoms with Crippen LogP contribution in [-0.2, 0) is 39.0 Å². The summed E-state index contributed by atoms with van der Waals surface area (Å²) in [4.78, 5) is 38.3. The van der Waals surface area contributed by atoms with Gasteiger partial charge in [0.15, 0.2) is 9.84 Å². The zero-order chi connectivity index (χ0) is 30.9.